The number of halogens is 3. The number of piperidine rings is 1. The van der Waals surface area contributed by atoms with Crippen LogP contribution in [0.4, 0.5) is 13.2 Å². The third-order valence-electron chi connectivity index (χ3n) is 3.79. The second-order valence-corrected chi connectivity index (χ2v) is 5.56. The summed E-state index contributed by atoms with van der Waals surface area (Å²) >= 11 is 0. The molecule has 0 aromatic heterocycles. The first-order chi connectivity index (χ1) is 9.47. The van der Waals surface area contributed by atoms with E-state index in [4.69, 9.17) is 0 Å². The van der Waals surface area contributed by atoms with E-state index in [0.29, 0.717) is 12.5 Å². The van der Waals surface area contributed by atoms with Gasteiger partial charge in [0.2, 0.25) is 0 Å². The molecule has 1 aromatic rings. The minimum Gasteiger partial charge on any atom is -0.306 e. The van der Waals surface area contributed by atoms with Gasteiger partial charge in [-0.15, -0.1) is 0 Å². The number of hydrogen-bond donors (Lipinski definition) is 1. The fourth-order valence-corrected chi connectivity index (χ4v) is 2.79. The Morgan fingerprint density at radius 1 is 1.30 bits per heavy atom. The van der Waals surface area contributed by atoms with Crippen LogP contribution >= 0.6 is 0 Å². The smallest absolute Gasteiger partial charge is 0.306 e. The van der Waals surface area contributed by atoms with Gasteiger partial charge in [0.05, 0.1) is 0 Å². The first-order valence-corrected chi connectivity index (χ1v) is 7.00. The second kappa shape index (κ2) is 6.59. The van der Waals surface area contributed by atoms with Gasteiger partial charge < -0.3 is 10.2 Å². The van der Waals surface area contributed by atoms with Crippen molar-refractivity contribution in [3.63, 3.8) is 0 Å². The third kappa shape index (κ3) is 4.21. The number of alkyl halides is 3. The van der Waals surface area contributed by atoms with Crippen molar-refractivity contribution in [3.8, 4) is 0 Å². The Balaban J connectivity index is 1.98. The minimum absolute atomic E-state index is 0.282. The largest absolute Gasteiger partial charge is 0.407 e. The van der Waals surface area contributed by atoms with E-state index in [0.717, 1.165) is 25.9 Å². The summed E-state index contributed by atoms with van der Waals surface area (Å²) in [7, 11) is 2.02. The molecule has 1 aromatic carbocycles. The maximum Gasteiger partial charge on any atom is 0.407 e. The zero-order chi connectivity index (χ0) is 14.6. The van der Waals surface area contributed by atoms with E-state index in [2.05, 4.69) is 10.2 Å². The summed E-state index contributed by atoms with van der Waals surface area (Å²) in [5, 5.41) is 2.71. The highest BCUT2D eigenvalue weighted by atomic mass is 19.4. The van der Waals surface area contributed by atoms with Crippen LogP contribution in [0.15, 0.2) is 30.3 Å². The van der Waals surface area contributed by atoms with Gasteiger partial charge in [-0.3, -0.25) is 0 Å². The Labute approximate surface area is 118 Å². The summed E-state index contributed by atoms with van der Waals surface area (Å²) in [5.41, 5.74) is 0.282. The third-order valence-corrected chi connectivity index (χ3v) is 3.79. The molecule has 1 fully saturated rings. The van der Waals surface area contributed by atoms with Crippen molar-refractivity contribution >= 4 is 0 Å². The maximum absolute atomic E-state index is 13.2. The number of likely N-dealkylation sites (tertiary alicyclic amines) is 1. The van der Waals surface area contributed by atoms with Gasteiger partial charge in [-0.05, 0) is 37.9 Å². The summed E-state index contributed by atoms with van der Waals surface area (Å²) in [6, 6.07) is 6.49. The first kappa shape index (κ1) is 15.3. The quantitative estimate of drug-likeness (QED) is 0.914. The number of rotatable bonds is 4. The van der Waals surface area contributed by atoms with Crippen LogP contribution in [0.3, 0.4) is 0 Å². The average Bonchev–Trinajstić information content (AvgIpc) is 2.39. The molecular formula is C15H21F3N2. The van der Waals surface area contributed by atoms with Gasteiger partial charge in [-0.25, -0.2) is 0 Å². The van der Waals surface area contributed by atoms with Crippen LogP contribution in [-0.4, -0.2) is 37.8 Å². The van der Waals surface area contributed by atoms with Gasteiger partial charge in [-0.1, -0.05) is 30.3 Å². The zero-order valence-corrected chi connectivity index (χ0v) is 11.7. The van der Waals surface area contributed by atoms with Crippen LogP contribution in [0.1, 0.15) is 24.4 Å². The van der Waals surface area contributed by atoms with E-state index in [1.165, 1.54) is 12.1 Å². The molecular weight excluding hydrogens is 265 g/mol. The van der Waals surface area contributed by atoms with Gasteiger partial charge in [0.25, 0.3) is 0 Å². The topological polar surface area (TPSA) is 15.3 Å². The number of nitrogens with one attached hydrogen (secondary N) is 1. The van der Waals surface area contributed by atoms with Crippen molar-refractivity contribution < 1.29 is 13.2 Å². The summed E-state index contributed by atoms with van der Waals surface area (Å²) in [6.45, 7) is 2.31. The Kier molecular flexibility index (Phi) is 5.05. The minimum atomic E-state index is -4.26. The summed E-state index contributed by atoms with van der Waals surface area (Å²) in [5.74, 6) is 0.294. The zero-order valence-electron chi connectivity index (χ0n) is 11.7. The lowest BCUT2D eigenvalue weighted by Crippen LogP contribution is -2.41. The first-order valence-electron chi connectivity index (χ1n) is 7.00. The van der Waals surface area contributed by atoms with E-state index >= 15 is 0 Å². The van der Waals surface area contributed by atoms with Crippen molar-refractivity contribution in [2.45, 2.75) is 25.1 Å². The Morgan fingerprint density at radius 3 is 2.60 bits per heavy atom. The highest BCUT2D eigenvalue weighted by Crippen LogP contribution is 2.32. The lowest BCUT2D eigenvalue weighted by Gasteiger charge is -2.31. The Hall–Kier alpha value is -1.07. The molecule has 1 aliphatic heterocycles. The predicted molar refractivity (Wildman–Crippen MR) is 73.5 cm³/mol. The average molecular weight is 286 g/mol. The van der Waals surface area contributed by atoms with Gasteiger partial charge in [-0.2, -0.15) is 13.2 Å². The molecule has 0 saturated carbocycles. The SMILES string of the molecule is CN1CCCC(CNC(c2ccccc2)C(F)(F)F)C1. The normalized spacial score (nSPS) is 22.7. The molecule has 2 rings (SSSR count). The van der Waals surface area contributed by atoms with E-state index in [1.54, 1.807) is 18.2 Å². The molecule has 1 saturated heterocycles. The number of benzene rings is 1. The van der Waals surface area contributed by atoms with Crippen LogP contribution < -0.4 is 5.32 Å². The van der Waals surface area contributed by atoms with Gasteiger partial charge in [0.1, 0.15) is 6.04 Å². The lowest BCUT2D eigenvalue weighted by molar-refractivity contribution is -0.158. The molecule has 0 bridgehead atoms. The van der Waals surface area contributed by atoms with E-state index in [-0.39, 0.29) is 5.56 Å². The molecule has 112 valence electrons. The van der Waals surface area contributed by atoms with Crippen molar-refractivity contribution in [1.82, 2.24) is 10.2 Å². The number of hydrogen-bond acceptors (Lipinski definition) is 2. The Bertz CT molecular complexity index is 405. The molecule has 0 spiro atoms. The summed E-state index contributed by atoms with van der Waals surface area (Å²) < 4.78 is 39.5. The van der Waals surface area contributed by atoms with Gasteiger partial charge in [0, 0.05) is 13.1 Å². The fraction of sp³-hybridized carbons (Fsp3) is 0.600. The molecule has 1 aliphatic rings. The molecule has 0 aliphatic carbocycles. The molecule has 5 heteroatoms. The molecule has 1 heterocycles. The molecule has 0 radical (unpaired) electrons. The van der Waals surface area contributed by atoms with Crippen molar-refractivity contribution in [3.05, 3.63) is 35.9 Å². The van der Waals surface area contributed by atoms with Gasteiger partial charge >= 0.3 is 6.18 Å². The predicted octanol–water partition coefficient (Wildman–Crippen LogP) is 3.22. The molecule has 20 heavy (non-hydrogen) atoms. The van der Waals surface area contributed by atoms with Crippen LogP contribution in [0.5, 0.6) is 0 Å². The number of nitrogens with zero attached hydrogens (tertiary/aromatic N) is 1. The maximum atomic E-state index is 13.2. The fourth-order valence-electron chi connectivity index (χ4n) is 2.79. The van der Waals surface area contributed by atoms with Crippen molar-refractivity contribution in [1.29, 1.82) is 0 Å². The van der Waals surface area contributed by atoms with Crippen LogP contribution in [0, 0.1) is 5.92 Å². The summed E-state index contributed by atoms with van der Waals surface area (Å²) in [4.78, 5) is 2.18. The lowest BCUT2D eigenvalue weighted by atomic mass is 9.97. The van der Waals surface area contributed by atoms with Crippen LogP contribution in [0.25, 0.3) is 0 Å². The van der Waals surface area contributed by atoms with Crippen LogP contribution in [-0.2, 0) is 0 Å². The molecule has 2 nitrogen and oxygen atoms in total. The van der Waals surface area contributed by atoms with Crippen LogP contribution in [0.2, 0.25) is 0 Å². The van der Waals surface area contributed by atoms with Gasteiger partial charge in [0.15, 0.2) is 0 Å². The standard InChI is InChI=1S/C15H21F3N2/c1-20-9-5-6-12(11-20)10-19-14(15(16,17)18)13-7-3-2-4-8-13/h2-4,7-8,12,14,19H,5-6,9-11H2,1H3. The molecule has 0 amide bonds. The van der Waals surface area contributed by atoms with Crippen molar-refractivity contribution in [2.24, 2.45) is 5.92 Å². The molecule has 2 atom stereocenters. The summed E-state index contributed by atoms with van der Waals surface area (Å²) in [6.07, 6.45) is -2.20. The van der Waals surface area contributed by atoms with Crippen molar-refractivity contribution in [2.75, 3.05) is 26.7 Å². The van der Waals surface area contributed by atoms with E-state index in [9.17, 15) is 13.2 Å². The molecule has 1 N–H and O–H groups in total. The Morgan fingerprint density at radius 2 is 2.00 bits per heavy atom. The monoisotopic (exact) mass is 286 g/mol. The highest BCUT2D eigenvalue weighted by Gasteiger charge is 2.40. The highest BCUT2D eigenvalue weighted by molar-refractivity contribution is 5.20. The molecule has 2 unspecified atom stereocenters. The van der Waals surface area contributed by atoms with E-state index < -0.39 is 12.2 Å². The second-order valence-electron chi connectivity index (χ2n) is 5.56. The van der Waals surface area contributed by atoms with E-state index in [1.807, 2.05) is 7.05 Å².